The van der Waals surface area contributed by atoms with Crippen LogP contribution in [-0.2, 0) is 28.5 Å². The molecule has 1 heterocycles. The predicted molar refractivity (Wildman–Crippen MR) is 140 cm³/mol. The quantitative estimate of drug-likeness (QED) is 0.336. The number of methoxy groups -OCH3 is 3. The molecule has 3 N–H and O–H groups in total. The van der Waals surface area contributed by atoms with E-state index in [1.807, 2.05) is 26.8 Å². The molecular formula is C28H50O9. The molecule has 1 fully saturated rings. The van der Waals surface area contributed by atoms with Gasteiger partial charge in [0, 0.05) is 46.7 Å². The number of ketones is 1. The molecule has 0 aromatic rings. The van der Waals surface area contributed by atoms with E-state index in [1.165, 1.54) is 21.3 Å². The molecule has 0 spiro atoms. The van der Waals surface area contributed by atoms with Gasteiger partial charge in [0.25, 0.3) is 0 Å². The predicted octanol–water partition coefficient (Wildman–Crippen LogP) is 2.83. The number of aliphatic hydroxyl groups is 3. The van der Waals surface area contributed by atoms with E-state index < -0.39 is 48.0 Å². The molecule has 8 atom stereocenters. The Hall–Kier alpha value is -1.36. The lowest BCUT2D eigenvalue weighted by Crippen LogP contribution is -2.50. The Bertz CT molecular complexity index is 731. The molecule has 1 aliphatic rings. The first-order valence-electron chi connectivity index (χ1n) is 13.3. The molecule has 9 nitrogen and oxygen atoms in total. The zero-order chi connectivity index (χ0) is 28.3. The lowest BCUT2D eigenvalue weighted by atomic mass is 9.74. The maximum atomic E-state index is 13.5. The fourth-order valence-electron chi connectivity index (χ4n) is 4.87. The third-order valence-electron chi connectivity index (χ3n) is 7.67. The Morgan fingerprint density at radius 2 is 1.73 bits per heavy atom. The van der Waals surface area contributed by atoms with Crippen LogP contribution in [0.4, 0.5) is 0 Å². The van der Waals surface area contributed by atoms with E-state index in [-0.39, 0.29) is 43.5 Å². The van der Waals surface area contributed by atoms with Crippen LogP contribution in [0.1, 0.15) is 73.1 Å². The highest BCUT2D eigenvalue weighted by Gasteiger charge is 2.44. The second kappa shape index (κ2) is 15.9. The summed E-state index contributed by atoms with van der Waals surface area (Å²) in [6.45, 7) is 9.15. The molecule has 37 heavy (non-hydrogen) atoms. The highest BCUT2D eigenvalue weighted by molar-refractivity contribution is 5.89. The summed E-state index contributed by atoms with van der Waals surface area (Å²) in [6, 6.07) is 0. The minimum atomic E-state index is -1.15. The molecule has 0 aromatic heterocycles. The van der Waals surface area contributed by atoms with Gasteiger partial charge < -0.3 is 34.3 Å². The first-order chi connectivity index (χ1) is 17.3. The fraction of sp³-hybridized carbons (Fsp3) is 0.857. The van der Waals surface area contributed by atoms with Crippen molar-refractivity contribution in [2.24, 2.45) is 17.3 Å². The standard InChI is InChI=1S/C28H50O9/c1-9-19(16-29)12-18(3)22-10-17(2)11-24(31)28(4,5)27(33)26(36-8)23(35-7)14-20(30)13-21(34-6)15-25(32)37-22/h12,17,19-24,26,29-31H,9-11,13-16H2,1-8H3/b18-12-/t17-,19-,20+,21-,22+,23-,24+,26-/m1/s1. The number of hydrogen-bond donors (Lipinski definition) is 3. The smallest absolute Gasteiger partial charge is 0.309 e. The van der Waals surface area contributed by atoms with E-state index in [9.17, 15) is 24.9 Å². The summed E-state index contributed by atoms with van der Waals surface area (Å²) >= 11 is 0. The molecule has 0 saturated carbocycles. The van der Waals surface area contributed by atoms with Crippen LogP contribution in [0, 0.1) is 17.3 Å². The van der Waals surface area contributed by atoms with Crippen molar-refractivity contribution in [3.63, 3.8) is 0 Å². The molecule has 0 aromatic carbocycles. The van der Waals surface area contributed by atoms with E-state index in [2.05, 4.69) is 0 Å². The van der Waals surface area contributed by atoms with Crippen molar-refractivity contribution in [3.05, 3.63) is 11.6 Å². The molecule has 0 aliphatic carbocycles. The summed E-state index contributed by atoms with van der Waals surface area (Å²) in [5, 5.41) is 31.5. The van der Waals surface area contributed by atoms with Gasteiger partial charge in [0.2, 0.25) is 0 Å². The number of hydrogen-bond acceptors (Lipinski definition) is 9. The van der Waals surface area contributed by atoms with Crippen LogP contribution in [-0.4, -0.2) is 91.6 Å². The molecule has 9 heteroatoms. The zero-order valence-corrected chi connectivity index (χ0v) is 23.9. The van der Waals surface area contributed by atoms with E-state index in [0.717, 1.165) is 12.0 Å². The third kappa shape index (κ3) is 10.0. The third-order valence-corrected chi connectivity index (χ3v) is 7.67. The van der Waals surface area contributed by atoms with Crippen molar-refractivity contribution in [2.75, 3.05) is 27.9 Å². The van der Waals surface area contributed by atoms with Gasteiger partial charge in [0.15, 0.2) is 5.78 Å². The fourth-order valence-corrected chi connectivity index (χ4v) is 4.87. The number of cyclic esters (lactones) is 1. The summed E-state index contributed by atoms with van der Waals surface area (Å²) in [4.78, 5) is 26.5. The van der Waals surface area contributed by atoms with Gasteiger partial charge in [-0.25, -0.2) is 0 Å². The highest BCUT2D eigenvalue weighted by atomic mass is 16.5. The lowest BCUT2D eigenvalue weighted by molar-refractivity contribution is -0.155. The number of Topliss-reactive ketones (excluding diaryl/α,β-unsaturated/α-hetero) is 1. The molecule has 1 rings (SSSR count). The maximum absolute atomic E-state index is 13.5. The molecule has 216 valence electrons. The number of carbonyl (C=O) groups excluding carboxylic acids is 2. The van der Waals surface area contributed by atoms with Crippen molar-refractivity contribution >= 4 is 11.8 Å². The summed E-state index contributed by atoms with van der Waals surface area (Å²) < 4.78 is 22.4. The second-order valence-electron chi connectivity index (χ2n) is 11.0. The maximum Gasteiger partial charge on any atom is 0.309 e. The molecule has 0 radical (unpaired) electrons. The molecule has 1 aliphatic heterocycles. The summed E-state index contributed by atoms with van der Waals surface area (Å²) in [5.74, 6) is -0.915. The van der Waals surface area contributed by atoms with Crippen LogP contribution in [0.5, 0.6) is 0 Å². The van der Waals surface area contributed by atoms with Crippen molar-refractivity contribution in [1.82, 2.24) is 0 Å². The number of aliphatic hydroxyl groups excluding tert-OH is 3. The van der Waals surface area contributed by atoms with Gasteiger partial charge in [-0.1, -0.05) is 33.8 Å². The monoisotopic (exact) mass is 530 g/mol. The molecule has 1 saturated heterocycles. The van der Waals surface area contributed by atoms with Gasteiger partial charge in [0.1, 0.15) is 12.2 Å². The Morgan fingerprint density at radius 1 is 1.08 bits per heavy atom. The zero-order valence-electron chi connectivity index (χ0n) is 23.9. The normalized spacial score (nSPS) is 34.1. The molecule has 0 bridgehead atoms. The van der Waals surface area contributed by atoms with Gasteiger partial charge >= 0.3 is 5.97 Å². The minimum absolute atomic E-state index is 0.00809. The van der Waals surface area contributed by atoms with Gasteiger partial charge in [-0.05, 0) is 37.7 Å². The van der Waals surface area contributed by atoms with Crippen LogP contribution in [0.15, 0.2) is 11.6 Å². The van der Waals surface area contributed by atoms with Crippen molar-refractivity contribution in [2.45, 2.75) is 110 Å². The van der Waals surface area contributed by atoms with Crippen LogP contribution in [0.2, 0.25) is 0 Å². The molecular weight excluding hydrogens is 480 g/mol. The number of carbonyl (C=O) groups is 2. The molecule has 0 amide bonds. The van der Waals surface area contributed by atoms with E-state index in [1.54, 1.807) is 13.8 Å². The van der Waals surface area contributed by atoms with Crippen LogP contribution in [0.3, 0.4) is 0 Å². The van der Waals surface area contributed by atoms with E-state index >= 15 is 0 Å². The Labute approximate surface area is 222 Å². The van der Waals surface area contributed by atoms with Gasteiger partial charge in [-0.2, -0.15) is 0 Å². The molecule has 0 unspecified atom stereocenters. The Morgan fingerprint density at radius 3 is 2.24 bits per heavy atom. The summed E-state index contributed by atoms with van der Waals surface area (Å²) in [7, 11) is 4.33. The van der Waals surface area contributed by atoms with Crippen LogP contribution < -0.4 is 0 Å². The summed E-state index contributed by atoms with van der Waals surface area (Å²) in [6.07, 6.45) is -1.22. The van der Waals surface area contributed by atoms with Crippen LogP contribution in [0.25, 0.3) is 0 Å². The summed E-state index contributed by atoms with van der Waals surface area (Å²) in [5.41, 5.74) is -0.326. The largest absolute Gasteiger partial charge is 0.458 e. The first-order valence-corrected chi connectivity index (χ1v) is 13.3. The SMILES string of the molecule is CC[C@H](/C=C(/C)[C@@H]1C[C@@H](C)C[C@H](O)C(C)(C)C(=O)[C@H](OC)[C@H](OC)C[C@@H](O)C[C@@H](OC)CC(=O)O1)CO. The lowest BCUT2D eigenvalue weighted by Gasteiger charge is -2.36. The van der Waals surface area contributed by atoms with Gasteiger partial charge in [-0.3, -0.25) is 9.59 Å². The van der Waals surface area contributed by atoms with Gasteiger partial charge in [-0.15, -0.1) is 0 Å². The average Bonchev–Trinajstić information content (AvgIpc) is 2.84. The van der Waals surface area contributed by atoms with Crippen molar-refractivity contribution in [3.8, 4) is 0 Å². The van der Waals surface area contributed by atoms with Gasteiger partial charge in [0.05, 0.1) is 36.3 Å². The van der Waals surface area contributed by atoms with Crippen molar-refractivity contribution < 1.29 is 43.9 Å². The number of esters is 1. The van der Waals surface area contributed by atoms with Crippen molar-refractivity contribution in [1.29, 1.82) is 0 Å². The Balaban J connectivity index is 3.39. The Kier molecular flexibility index (Phi) is 14.5. The average molecular weight is 531 g/mol. The topological polar surface area (TPSA) is 132 Å². The second-order valence-corrected chi connectivity index (χ2v) is 11.0. The highest BCUT2D eigenvalue weighted by Crippen LogP contribution is 2.33. The first kappa shape index (κ1) is 33.7. The van der Waals surface area contributed by atoms with E-state index in [4.69, 9.17) is 18.9 Å². The minimum Gasteiger partial charge on any atom is -0.458 e. The van der Waals surface area contributed by atoms with Crippen LogP contribution >= 0.6 is 0 Å². The van der Waals surface area contributed by atoms with E-state index in [0.29, 0.717) is 12.8 Å². The number of rotatable bonds is 7. The number of ether oxygens (including phenoxy) is 4.